The van der Waals surface area contributed by atoms with Crippen molar-refractivity contribution in [1.29, 1.82) is 0 Å². The van der Waals surface area contributed by atoms with Gasteiger partial charge in [0.05, 0.1) is 5.02 Å². The summed E-state index contributed by atoms with van der Waals surface area (Å²) in [6.45, 7) is 1.95. The Kier molecular flexibility index (Phi) is 4.86. The molecule has 0 saturated carbocycles. The van der Waals surface area contributed by atoms with E-state index in [1.165, 1.54) is 6.07 Å². The number of benzene rings is 2. The van der Waals surface area contributed by atoms with Crippen molar-refractivity contribution in [3.63, 3.8) is 0 Å². The van der Waals surface area contributed by atoms with Crippen LogP contribution in [0.1, 0.15) is 24.1 Å². The molecule has 0 fully saturated rings. The Bertz CT molecular complexity index is 572. The summed E-state index contributed by atoms with van der Waals surface area (Å²) in [5, 5.41) is 0.207. The van der Waals surface area contributed by atoms with Crippen molar-refractivity contribution in [2.45, 2.75) is 23.6 Å². The van der Waals surface area contributed by atoms with Gasteiger partial charge in [0.2, 0.25) is 0 Å². The van der Waals surface area contributed by atoms with Gasteiger partial charge in [-0.15, -0.1) is 11.8 Å². The maximum atomic E-state index is 13.3. The molecular formula is C15H15ClFNS. The van der Waals surface area contributed by atoms with Crippen molar-refractivity contribution in [3.05, 3.63) is 64.4 Å². The highest BCUT2D eigenvalue weighted by atomic mass is 35.5. The number of hydrogen-bond acceptors (Lipinski definition) is 2. The topological polar surface area (TPSA) is 26.0 Å². The predicted molar refractivity (Wildman–Crippen MR) is 80.0 cm³/mol. The minimum absolute atomic E-state index is 0.0123. The fourth-order valence-electron chi connectivity index (χ4n) is 1.71. The van der Waals surface area contributed by atoms with Crippen molar-refractivity contribution in [2.24, 2.45) is 5.73 Å². The zero-order chi connectivity index (χ0) is 13.8. The van der Waals surface area contributed by atoms with Crippen LogP contribution in [0, 0.1) is 5.82 Å². The van der Waals surface area contributed by atoms with E-state index >= 15 is 0 Å². The molecule has 0 aromatic heterocycles. The highest BCUT2D eigenvalue weighted by molar-refractivity contribution is 7.98. The fraction of sp³-hybridized carbons (Fsp3) is 0.200. The van der Waals surface area contributed by atoms with Gasteiger partial charge in [0.25, 0.3) is 0 Å². The zero-order valence-electron chi connectivity index (χ0n) is 10.6. The lowest BCUT2D eigenvalue weighted by Gasteiger charge is -2.09. The summed E-state index contributed by atoms with van der Waals surface area (Å²) in [5.41, 5.74) is 7.75. The molecule has 100 valence electrons. The monoisotopic (exact) mass is 295 g/mol. The Hall–Kier alpha value is -1.03. The minimum Gasteiger partial charge on any atom is -0.324 e. The molecule has 0 heterocycles. The first-order chi connectivity index (χ1) is 9.08. The van der Waals surface area contributed by atoms with Crippen LogP contribution in [0.2, 0.25) is 5.02 Å². The lowest BCUT2D eigenvalue weighted by molar-refractivity contribution is 0.627. The minimum atomic E-state index is -0.371. The van der Waals surface area contributed by atoms with Crippen LogP contribution in [0.3, 0.4) is 0 Å². The predicted octanol–water partition coefficient (Wildman–Crippen LogP) is 4.79. The van der Waals surface area contributed by atoms with Crippen molar-refractivity contribution >= 4 is 23.4 Å². The lowest BCUT2D eigenvalue weighted by Crippen LogP contribution is -2.04. The molecule has 1 unspecified atom stereocenters. The van der Waals surface area contributed by atoms with Crippen molar-refractivity contribution < 1.29 is 4.39 Å². The molecule has 2 N–H and O–H groups in total. The van der Waals surface area contributed by atoms with Gasteiger partial charge in [-0.2, -0.15) is 0 Å². The molecule has 0 aliphatic carbocycles. The number of thioether (sulfide) groups is 1. The van der Waals surface area contributed by atoms with Gasteiger partial charge in [-0.25, -0.2) is 4.39 Å². The van der Waals surface area contributed by atoms with Gasteiger partial charge in [-0.3, -0.25) is 0 Å². The number of nitrogens with two attached hydrogens (primary N) is 1. The first-order valence-corrected chi connectivity index (χ1v) is 7.35. The van der Waals surface area contributed by atoms with Crippen molar-refractivity contribution in [1.82, 2.24) is 0 Å². The summed E-state index contributed by atoms with van der Waals surface area (Å²) in [5.74, 6) is 0.267. The molecule has 4 heteroatoms. The van der Waals surface area contributed by atoms with Crippen LogP contribution in [0.15, 0.2) is 47.4 Å². The normalized spacial score (nSPS) is 12.4. The maximum Gasteiger partial charge on any atom is 0.142 e. The molecule has 0 aliphatic rings. The van der Waals surface area contributed by atoms with Crippen LogP contribution in [0.5, 0.6) is 0 Å². The average molecular weight is 296 g/mol. The molecule has 2 rings (SSSR count). The van der Waals surface area contributed by atoms with E-state index in [0.29, 0.717) is 5.75 Å². The highest BCUT2D eigenvalue weighted by Crippen LogP contribution is 2.29. The molecule has 0 saturated heterocycles. The van der Waals surface area contributed by atoms with E-state index in [2.05, 4.69) is 6.07 Å². The second kappa shape index (κ2) is 6.42. The molecule has 0 amide bonds. The van der Waals surface area contributed by atoms with Crippen LogP contribution in [0.25, 0.3) is 0 Å². The molecule has 1 atom stereocenters. The van der Waals surface area contributed by atoms with Gasteiger partial charge in [-0.05, 0) is 36.2 Å². The zero-order valence-corrected chi connectivity index (χ0v) is 12.1. The second-order valence-corrected chi connectivity index (χ2v) is 5.79. The standard InChI is InChI=1S/C15H15ClFNS/c1-10(18)11-4-2-6-13(8-11)19-9-12-5-3-7-14(17)15(12)16/h2-8,10H,9,18H2,1H3. The van der Waals surface area contributed by atoms with E-state index in [-0.39, 0.29) is 16.9 Å². The fourth-order valence-corrected chi connectivity index (χ4v) is 2.94. The van der Waals surface area contributed by atoms with E-state index in [1.54, 1.807) is 17.8 Å². The molecule has 0 radical (unpaired) electrons. The number of hydrogen-bond donors (Lipinski definition) is 1. The van der Waals surface area contributed by atoms with Gasteiger partial charge in [0.15, 0.2) is 0 Å². The van der Waals surface area contributed by atoms with Crippen LogP contribution in [-0.2, 0) is 5.75 Å². The maximum absolute atomic E-state index is 13.3. The highest BCUT2D eigenvalue weighted by Gasteiger charge is 2.07. The summed E-state index contributed by atoms with van der Waals surface area (Å²) in [6, 6.07) is 13.0. The molecule has 2 aromatic rings. The molecule has 1 nitrogen and oxygen atoms in total. The average Bonchev–Trinajstić information content (AvgIpc) is 2.41. The summed E-state index contributed by atoms with van der Waals surface area (Å²) in [7, 11) is 0. The van der Waals surface area contributed by atoms with E-state index in [0.717, 1.165) is 16.0 Å². The Balaban J connectivity index is 2.10. The van der Waals surface area contributed by atoms with Gasteiger partial charge in [0, 0.05) is 16.7 Å². The Morgan fingerprint density at radius 1 is 1.26 bits per heavy atom. The quantitative estimate of drug-likeness (QED) is 0.821. The molecule has 0 aliphatic heterocycles. The van der Waals surface area contributed by atoms with Crippen LogP contribution < -0.4 is 5.73 Å². The summed E-state index contributed by atoms with van der Waals surface area (Å²) in [6.07, 6.45) is 0. The second-order valence-electron chi connectivity index (χ2n) is 4.36. The SMILES string of the molecule is CC(N)c1cccc(SCc2cccc(F)c2Cl)c1. The van der Waals surface area contributed by atoms with E-state index in [9.17, 15) is 4.39 Å². The van der Waals surface area contributed by atoms with Crippen LogP contribution in [-0.4, -0.2) is 0 Å². The van der Waals surface area contributed by atoms with E-state index in [1.807, 2.05) is 31.2 Å². The third-order valence-electron chi connectivity index (χ3n) is 2.81. The lowest BCUT2D eigenvalue weighted by atomic mass is 10.1. The number of halogens is 2. The third-order valence-corrected chi connectivity index (χ3v) is 4.28. The Morgan fingerprint density at radius 3 is 2.74 bits per heavy atom. The van der Waals surface area contributed by atoms with Crippen LogP contribution in [0.4, 0.5) is 4.39 Å². The first-order valence-electron chi connectivity index (χ1n) is 5.99. The van der Waals surface area contributed by atoms with Gasteiger partial charge in [0.1, 0.15) is 5.82 Å². The molecule has 0 bridgehead atoms. The largest absolute Gasteiger partial charge is 0.324 e. The Labute approximate surface area is 122 Å². The van der Waals surface area contributed by atoms with Crippen molar-refractivity contribution in [2.75, 3.05) is 0 Å². The molecule has 2 aromatic carbocycles. The number of rotatable bonds is 4. The van der Waals surface area contributed by atoms with Gasteiger partial charge >= 0.3 is 0 Å². The van der Waals surface area contributed by atoms with Crippen LogP contribution >= 0.6 is 23.4 Å². The van der Waals surface area contributed by atoms with Gasteiger partial charge < -0.3 is 5.73 Å². The van der Waals surface area contributed by atoms with Gasteiger partial charge in [-0.1, -0.05) is 35.9 Å². The molecule has 19 heavy (non-hydrogen) atoms. The van der Waals surface area contributed by atoms with E-state index in [4.69, 9.17) is 17.3 Å². The summed E-state index contributed by atoms with van der Waals surface area (Å²) in [4.78, 5) is 1.11. The first kappa shape index (κ1) is 14.4. The summed E-state index contributed by atoms with van der Waals surface area (Å²) < 4.78 is 13.3. The smallest absolute Gasteiger partial charge is 0.142 e. The Morgan fingerprint density at radius 2 is 2.00 bits per heavy atom. The van der Waals surface area contributed by atoms with Crippen molar-refractivity contribution in [3.8, 4) is 0 Å². The summed E-state index contributed by atoms with van der Waals surface area (Å²) >= 11 is 7.55. The third kappa shape index (κ3) is 3.72. The van der Waals surface area contributed by atoms with E-state index < -0.39 is 0 Å². The molecular weight excluding hydrogens is 281 g/mol. The molecule has 0 spiro atoms.